The highest BCUT2D eigenvalue weighted by Crippen LogP contribution is 2.38. The lowest BCUT2D eigenvalue weighted by Crippen LogP contribution is -2.26. The fraction of sp³-hybridized carbons (Fsp3) is 0.600. The van der Waals surface area contributed by atoms with Crippen molar-refractivity contribution in [3.05, 3.63) is 29.8 Å². The number of hydrogen-bond acceptors (Lipinski definition) is 3. The van der Waals surface area contributed by atoms with Crippen molar-refractivity contribution in [3.8, 4) is 0 Å². The van der Waals surface area contributed by atoms with Gasteiger partial charge in [0, 0.05) is 31.2 Å². The summed E-state index contributed by atoms with van der Waals surface area (Å²) >= 11 is 0. The van der Waals surface area contributed by atoms with E-state index in [1.165, 1.54) is 12.0 Å². The van der Waals surface area contributed by atoms with Gasteiger partial charge in [-0.1, -0.05) is 18.2 Å². The van der Waals surface area contributed by atoms with Crippen LogP contribution in [0.15, 0.2) is 24.3 Å². The van der Waals surface area contributed by atoms with E-state index in [9.17, 15) is 5.11 Å². The molecule has 3 rings (SSSR count). The molecule has 0 aromatic heterocycles. The van der Waals surface area contributed by atoms with Crippen LogP contribution < -0.4 is 5.73 Å². The fourth-order valence-corrected chi connectivity index (χ4v) is 3.55. The molecule has 1 heterocycles. The summed E-state index contributed by atoms with van der Waals surface area (Å²) in [4.78, 5) is 2.49. The molecule has 2 aliphatic rings. The smallest absolute Gasteiger partial charge is 0.0583 e. The number of rotatable bonds is 3. The summed E-state index contributed by atoms with van der Waals surface area (Å²) in [5, 5.41) is 9.90. The van der Waals surface area contributed by atoms with Gasteiger partial charge >= 0.3 is 0 Å². The Bertz CT molecular complexity index is 421. The summed E-state index contributed by atoms with van der Waals surface area (Å²) in [7, 11) is 0. The van der Waals surface area contributed by atoms with Crippen molar-refractivity contribution in [2.24, 2.45) is 11.8 Å². The number of hydrogen-bond donors (Lipinski definition) is 2. The van der Waals surface area contributed by atoms with Crippen molar-refractivity contribution < 1.29 is 5.11 Å². The first-order chi connectivity index (χ1) is 8.74. The zero-order chi connectivity index (χ0) is 12.5. The summed E-state index contributed by atoms with van der Waals surface area (Å²) in [5.74, 6) is 1.26. The van der Waals surface area contributed by atoms with E-state index in [-0.39, 0.29) is 6.10 Å². The van der Waals surface area contributed by atoms with Crippen molar-refractivity contribution >= 4 is 5.69 Å². The van der Waals surface area contributed by atoms with Crippen LogP contribution in [0.1, 0.15) is 18.4 Å². The lowest BCUT2D eigenvalue weighted by molar-refractivity contribution is 0.124. The van der Waals surface area contributed by atoms with Gasteiger partial charge in [-0.3, -0.25) is 0 Å². The highest BCUT2D eigenvalue weighted by atomic mass is 16.3. The Hall–Kier alpha value is -1.06. The number of benzene rings is 1. The van der Waals surface area contributed by atoms with Gasteiger partial charge in [0.2, 0.25) is 0 Å². The van der Waals surface area contributed by atoms with Gasteiger partial charge in [0.05, 0.1) is 6.10 Å². The maximum atomic E-state index is 9.90. The Labute approximate surface area is 109 Å². The fourth-order valence-electron chi connectivity index (χ4n) is 3.55. The molecule has 1 aliphatic carbocycles. The average Bonchev–Trinajstić information content (AvgIpc) is 2.91. The molecule has 18 heavy (non-hydrogen) atoms. The molecule has 3 atom stereocenters. The minimum absolute atomic E-state index is 0.0539. The second kappa shape index (κ2) is 4.90. The van der Waals surface area contributed by atoms with Crippen LogP contribution in [0.25, 0.3) is 0 Å². The van der Waals surface area contributed by atoms with E-state index in [1.54, 1.807) is 0 Å². The van der Waals surface area contributed by atoms with Crippen LogP contribution in [-0.2, 0) is 6.42 Å². The van der Waals surface area contributed by atoms with Gasteiger partial charge in [-0.2, -0.15) is 0 Å². The van der Waals surface area contributed by atoms with Crippen LogP contribution in [0, 0.1) is 11.8 Å². The standard InChI is InChI=1S/C15H22N2O/c16-14-4-2-1-3-11(14)7-8-17-9-12-5-6-15(18)13(12)10-17/h1-4,12-13,15,18H,5-10,16H2. The van der Waals surface area contributed by atoms with E-state index in [0.29, 0.717) is 5.92 Å². The maximum Gasteiger partial charge on any atom is 0.0583 e. The second-order valence-electron chi connectivity index (χ2n) is 5.78. The van der Waals surface area contributed by atoms with E-state index in [0.717, 1.165) is 44.1 Å². The van der Waals surface area contributed by atoms with Gasteiger partial charge in [-0.25, -0.2) is 0 Å². The first-order valence-electron chi connectivity index (χ1n) is 6.98. The summed E-state index contributed by atoms with van der Waals surface area (Å²) in [6, 6.07) is 8.11. The molecule has 3 N–H and O–H groups in total. The molecule has 0 spiro atoms. The molecule has 3 unspecified atom stereocenters. The molecule has 1 saturated heterocycles. The Morgan fingerprint density at radius 3 is 2.83 bits per heavy atom. The van der Waals surface area contributed by atoms with Crippen molar-refractivity contribution in [1.82, 2.24) is 4.90 Å². The molecule has 2 fully saturated rings. The maximum absolute atomic E-state index is 9.90. The number of aliphatic hydroxyl groups excluding tert-OH is 1. The Kier molecular flexibility index (Phi) is 3.27. The predicted octanol–water partition coefficient (Wildman–Crippen LogP) is 1.51. The Balaban J connectivity index is 1.55. The van der Waals surface area contributed by atoms with Crippen LogP contribution in [0.5, 0.6) is 0 Å². The quantitative estimate of drug-likeness (QED) is 0.795. The molecular formula is C15H22N2O. The predicted molar refractivity (Wildman–Crippen MR) is 73.2 cm³/mol. The average molecular weight is 246 g/mol. The minimum atomic E-state index is -0.0539. The molecule has 1 saturated carbocycles. The number of likely N-dealkylation sites (tertiary alicyclic amines) is 1. The van der Waals surface area contributed by atoms with E-state index in [1.807, 2.05) is 18.2 Å². The monoisotopic (exact) mass is 246 g/mol. The van der Waals surface area contributed by atoms with E-state index in [2.05, 4.69) is 11.0 Å². The molecule has 3 heteroatoms. The SMILES string of the molecule is Nc1ccccc1CCN1CC2CCC(O)C2C1. The Morgan fingerprint density at radius 1 is 1.22 bits per heavy atom. The Morgan fingerprint density at radius 2 is 2.06 bits per heavy atom. The zero-order valence-electron chi connectivity index (χ0n) is 10.8. The van der Waals surface area contributed by atoms with Gasteiger partial charge in [-0.15, -0.1) is 0 Å². The van der Waals surface area contributed by atoms with E-state index < -0.39 is 0 Å². The third kappa shape index (κ3) is 2.25. The third-order valence-corrected chi connectivity index (χ3v) is 4.65. The highest BCUT2D eigenvalue weighted by Gasteiger charge is 2.41. The summed E-state index contributed by atoms with van der Waals surface area (Å²) < 4.78 is 0. The molecular weight excluding hydrogens is 224 g/mol. The molecule has 0 amide bonds. The first-order valence-corrected chi connectivity index (χ1v) is 6.98. The number of fused-ring (bicyclic) bond motifs is 1. The second-order valence-corrected chi connectivity index (χ2v) is 5.78. The number of aliphatic hydroxyl groups is 1. The first kappa shape index (κ1) is 12.0. The molecule has 3 nitrogen and oxygen atoms in total. The van der Waals surface area contributed by atoms with Gasteiger partial charge in [0.1, 0.15) is 0 Å². The number of nitrogens with zero attached hydrogens (tertiary/aromatic N) is 1. The molecule has 98 valence electrons. The van der Waals surface area contributed by atoms with Gasteiger partial charge in [0.25, 0.3) is 0 Å². The van der Waals surface area contributed by atoms with Crippen molar-refractivity contribution in [1.29, 1.82) is 0 Å². The number of para-hydroxylation sites is 1. The van der Waals surface area contributed by atoms with Crippen LogP contribution in [0.3, 0.4) is 0 Å². The number of nitrogen functional groups attached to an aromatic ring is 1. The van der Waals surface area contributed by atoms with Crippen molar-refractivity contribution in [3.63, 3.8) is 0 Å². The molecule has 0 radical (unpaired) electrons. The number of anilines is 1. The largest absolute Gasteiger partial charge is 0.399 e. The van der Waals surface area contributed by atoms with E-state index >= 15 is 0 Å². The molecule has 1 aromatic rings. The summed E-state index contributed by atoms with van der Waals surface area (Å²) in [6.45, 7) is 3.29. The number of nitrogens with two attached hydrogens (primary N) is 1. The third-order valence-electron chi connectivity index (χ3n) is 4.65. The normalized spacial score (nSPS) is 31.7. The topological polar surface area (TPSA) is 49.5 Å². The van der Waals surface area contributed by atoms with Gasteiger partial charge in [-0.05, 0) is 36.8 Å². The zero-order valence-corrected chi connectivity index (χ0v) is 10.8. The summed E-state index contributed by atoms with van der Waals surface area (Å²) in [6.07, 6.45) is 3.18. The lowest BCUT2D eigenvalue weighted by Gasteiger charge is -2.18. The molecule has 1 aliphatic heterocycles. The highest BCUT2D eigenvalue weighted by molar-refractivity contribution is 5.46. The minimum Gasteiger partial charge on any atom is -0.399 e. The van der Waals surface area contributed by atoms with Crippen LogP contribution in [0.2, 0.25) is 0 Å². The van der Waals surface area contributed by atoms with Crippen LogP contribution in [-0.4, -0.2) is 35.7 Å². The van der Waals surface area contributed by atoms with Crippen LogP contribution >= 0.6 is 0 Å². The van der Waals surface area contributed by atoms with Crippen molar-refractivity contribution in [2.45, 2.75) is 25.4 Å². The van der Waals surface area contributed by atoms with Gasteiger partial charge < -0.3 is 15.7 Å². The molecule has 1 aromatic carbocycles. The summed E-state index contributed by atoms with van der Waals surface area (Å²) in [5.41, 5.74) is 8.11. The lowest BCUT2D eigenvalue weighted by atomic mass is 10.00. The molecule has 0 bridgehead atoms. The van der Waals surface area contributed by atoms with E-state index in [4.69, 9.17) is 5.73 Å². The van der Waals surface area contributed by atoms with Crippen molar-refractivity contribution in [2.75, 3.05) is 25.4 Å². The van der Waals surface area contributed by atoms with Crippen LogP contribution in [0.4, 0.5) is 5.69 Å². The van der Waals surface area contributed by atoms with Gasteiger partial charge in [0.15, 0.2) is 0 Å².